The molecule has 1 unspecified atom stereocenters. The average Bonchev–Trinajstić information content (AvgIpc) is 2.34. The van der Waals surface area contributed by atoms with Gasteiger partial charge in [-0.25, -0.2) is 0 Å². The second kappa shape index (κ2) is 7.47. The van der Waals surface area contributed by atoms with Gasteiger partial charge in [0.2, 0.25) is 0 Å². The van der Waals surface area contributed by atoms with Crippen molar-refractivity contribution >= 4 is 0 Å². The number of hydrogen-bond donors (Lipinski definition) is 1. The molecule has 1 rings (SSSR count). The van der Waals surface area contributed by atoms with E-state index in [9.17, 15) is 18.3 Å². The minimum atomic E-state index is -4.33. The lowest BCUT2D eigenvalue weighted by Crippen LogP contribution is -2.19. The monoisotopic (exact) mass is 278 g/mol. The molecule has 1 aromatic carbocycles. The van der Waals surface area contributed by atoms with Crippen LogP contribution in [0.5, 0.6) is 0 Å². The van der Waals surface area contributed by atoms with Gasteiger partial charge in [-0.3, -0.25) is 0 Å². The van der Waals surface area contributed by atoms with Gasteiger partial charge in [0.25, 0.3) is 0 Å². The van der Waals surface area contributed by atoms with Gasteiger partial charge < -0.3 is 14.6 Å². The van der Waals surface area contributed by atoms with E-state index in [4.69, 9.17) is 9.47 Å². The van der Waals surface area contributed by atoms with E-state index in [0.717, 1.165) is 12.1 Å². The highest BCUT2D eigenvalue weighted by Crippen LogP contribution is 2.29. The summed E-state index contributed by atoms with van der Waals surface area (Å²) in [4.78, 5) is 0. The van der Waals surface area contributed by atoms with Gasteiger partial charge in [0.05, 0.1) is 31.5 Å². The topological polar surface area (TPSA) is 38.7 Å². The summed E-state index contributed by atoms with van der Waals surface area (Å²) in [5.41, 5.74) is -0.0575. The highest BCUT2D eigenvalue weighted by Gasteiger charge is 2.29. The number of aliphatic hydroxyl groups is 1. The number of ether oxygens (including phenoxy) is 2. The zero-order chi connectivity index (χ0) is 14.3. The number of aliphatic hydroxyl groups excluding tert-OH is 1. The number of alkyl halides is 3. The van der Waals surface area contributed by atoms with Crippen LogP contribution in [0.15, 0.2) is 24.3 Å². The molecule has 0 bridgehead atoms. The molecule has 0 spiro atoms. The van der Waals surface area contributed by atoms with Gasteiger partial charge in [-0.05, 0) is 17.7 Å². The summed E-state index contributed by atoms with van der Waals surface area (Å²) in [6.07, 6.45) is -4.82. The number of benzene rings is 1. The Kier molecular flexibility index (Phi) is 6.27. The first kappa shape index (κ1) is 15.9. The molecule has 1 aromatic rings. The molecular formula is C13H17F3O3. The molecule has 1 atom stereocenters. The average molecular weight is 278 g/mol. The Balaban J connectivity index is 2.40. The minimum absolute atomic E-state index is 0.129. The third-order valence-corrected chi connectivity index (χ3v) is 2.49. The van der Waals surface area contributed by atoms with E-state index >= 15 is 0 Å². The van der Waals surface area contributed by atoms with Crippen LogP contribution in [-0.2, 0) is 22.1 Å². The largest absolute Gasteiger partial charge is 0.416 e. The van der Waals surface area contributed by atoms with Gasteiger partial charge in [0, 0.05) is 13.5 Å². The predicted molar refractivity (Wildman–Crippen MR) is 63.8 cm³/mol. The van der Waals surface area contributed by atoms with E-state index in [1.807, 2.05) is 0 Å². The van der Waals surface area contributed by atoms with Crippen LogP contribution in [0.4, 0.5) is 13.2 Å². The maximum atomic E-state index is 12.3. The van der Waals surface area contributed by atoms with Crippen molar-refractivity contribution in [2.24, 2.45) is 0 Å². The molecular weight excluding hydrogens is 261 g/mol. The summed E-state index contributed by atoms with van der Waals surface area (Å²) < 4.78 is 46.9. The Bertz CT molecular complexity index is 362. The first-order valence-corrected chi connectivity index (χ1v) is 5.84. The summed E-state index contributed by atoms with van der Waals surface area (Å²) in [5.74, 6) is 0. The summed E-state index contributed by atoms with van der Waals surface area (Å²) in [7, 11) is 1.54. The van der Waals surface area contributed by atoms with Crippen LogP contribution in [0.3, 0.4) is 0 Å². The van der Waals surface area contributed by atoms with Gasteiger partial charge >= 0.3 is 6.18 Å². The summed E-state index contributed by atoms with van der Waals surface area (Å²) >= 11 is 0. The van der Waals surface area contributed by atoms with Crippen LogP contribution in [0.25, 0.3) is 0 Å². The molecule has 0 aliphatic carbocycles. The smallest absolute Gasteiger partial charge is 0.390 e. The second-order valence-corrected chi connectivity index (χ2v) is 4.12. The first-order valence-electron chi connectivity index (χ1n) is 5.84. The number of methoxy groups -OCH3 is 1. The lowest BCUT2D eigenvalue weighted by Gasteiger charge is -2.12. The Morgan fingerprint density at radius 2 is 1.79 bits per heavy atom. The van der Waals surface area contributed by atoms with Gasteiger partial charge in [-0.1, -0.05) is 12.1 Å². The highest BCUT2D eigenvalue weighted by molar-refractivity contribution is 5.25. The van der Waals surface area contributed by atoms with Gasteiger partial charge in [0.15, 0.2) is 0 Å². The van der Waals surface area contributed by atoms with E-state index < -0.39 is 17.8 Å². The Morgan fingerprint density at radius 1 is 1.16 bits per heavy atom. The molecule has 108 valence electrons. The fraction of sp³-hybridized carbons (Fsp3) is 0.538. The van der Waals surface area contributed by atoms with E-state index in [2.05, 4.69) is 0 Å². The first-order chi connectivity index (χ1) is 8.93. The minimum Gasteiger partial charge on any atom is -0.390 e. The molecule has 0 heterocycles. The Hall–Kier alpha value is -1.11. The number of hydrogen-bond acceptors (Lipinski definition) is 3. The molecule has 1 N–H and O–H groups in total. The van der Waals surface area contributed by atoms with Crippen molar-refractivity contribution in [2.75, 3.05) is 26.9 Å². The zero-order valence-electron chi connectivity index (χ0n) is 10.6. The fourth-order valence-electron chi connectivity index (χ4n) is 1.52. The molecule has 0 aromatic heterocycles. The van der Waals surface area contributed by atoms with Crippen LogP contribution in [0.1, 0.15) is 11.1 Å². The molecule has 0 aliphatic rings. The molecule has 0 saturated carbocycles. The van der Waals surface area contributed by atoms with Crippen LogP contribution in [0.2, 0.25) is 0 Å². The molecule has 0 radical (unpaired) electrons. The molecule has 3 nitrogen and oxygen atoms in total. The standard InChI is InChI=1S/C13H17F3O3/c1-18-6-7-19-9-12(17)8-10-2-4-11(5-3-10)13(14,15)16/h2-5,12,17H,6-9H2,1H3. The molecule has 0 aliphatic heterocycles. The molecule has 0 fully saturated rings. The maximum absolute atomic E-state index is 12.3. The van der Waals surface area contributed by atoms with Crippen LogP contribution in [0, 0.1) is 0 Å². The molecule has 19 heavy (non-hydrogen) atoms. The zero-order valence-corrected chi connectivity index (χ0v) is 10.6. The van der Waals surface area contributed by atoms with E-state index in [-0.39, 0.29) is 13.0 Å². The van der Waals surface area contributed by atoms with Crippen LogP contribution in [-0.4, -0.2) is 38.1 Å². The molecule has 0 saturated heterocycles. The van der Waals surface area contributed by atoms with Crippen LogP contribution >= 0.6 is 0 Å². The number of halogens is 3. The van der Waals surface area contributed by atoms with Crippen molar-refractivity contribution in [3.63, 3.8) is 0 Å². The van der Waals surface area contributed by atoms with Gasteiger partial charge in [0.1, 0.15) is 0 Å². The fourth-order valence-corrected chi connectivity index (χ4v) is 1.52. The quantitative estimate of drug-likeness (QED) is 0.778. The molecule has 0 amide bonds. The number of rotatable bonds is 7. The summed E-state index contributed by atoms with van der Waals surface area (Å²) in [6, 6.07) is 4.74. The van der Waals surface area contributed by atoms with Crippen molar-refractivity contribution in [3.8, 4) is 0 Å². The normalized spacial score (nSPS) is 13.5. The maximum Gasteiger partial charge on any atom is 0.416 e. The van der Waals surface area contributed by atoms with Crippen molar-refractivity contribution in [1.29, 1.82) is 0 Å². The van der Waals surface area contributed by atoms with E-state index in [1.165, 1.54) is 12.1 Å². The van der Waals surface area contributed by atoms with Gasteiger partial charge in [-0.15, -0.1) is 0 Å². The third kappa shape index (κ3) is 6.04. The molecule has 6 heteroatoms. The van der Waals surface area contributed by atoms with Gasteiger partial charge in [-0.2, -0.15) is 13.2 Å². The van der Waals surface area contributed by atoms with E-state index in [0.29, 0.717) is 18.8 Å². The van der Waals surface area contributed by atoms with Crippen molar-refractivity contribution in [1.82, 2.24) is 0 Å². The van der Waals surface area contributed by atoms with Crippen molar-refractivity contribution in [3.05, 3.63) is 35.4 Å². The SMILES string of the molecule is COCCOCC(O)Cc1ccc(C(F)(F)F)cc1. The predicted octanol–water partition coefficient (Wildman–Crippen LogP) is 2.27. The lowest BCUT2D eigenvalue weighted by molar-refractivity contribution is -0.137. The summed E-state index contributed by atoms with van der Waals surface area (Å²) in [6.45, 7) is 0.942. The second-order valence-electron chi connectivity index (χ2n) is 4.12. The highest BCUT2D eigenvalue weighted by atomic mass is 19.4. The third-order valence-electron chi connectivity index (χ3n) is 2.49. The lowest BCUT2D eigenvalue weighted by atomic mass is 10.1. The Labute approximate surface area is 110 Å². The van der Waals surface area contributed by atoms with Crippen molar-refractivity contribution < 1.29 is 27.8 Å². The summed E-state index contributed by atoms with van der Waals surface area (Å²) in [5, 5.41) is 9.64. The van der Waals surface area contributed by atoms with Crippen LogP contribution < -0.4 is 0 Å². The van der Waals surface area contributed by atoms with Crippen molar-refractivity contribution in [2.45, 2.75) is 18.7 Å². The Morgan fingerprint density at radius 3 is 2.32 bits per heavy atom. The van der Waals surface area contributed by atoms with E-state index in [1.54, 1.807) is 7.11 Å².